The average Bonchev–Trinajstić information content (AvgIpc) is 2.59. The fourth-order valence-electron chi connectivity index (χ4n) is 4.03. The highest BCUT2D eigenvalue weighted by Crippen LogP contribution is 2.36. The second-order valence-electron chi connectivity index (χ2n) is 8.62. The topological polar surface area (TPSA) is 37.1 Å². The van der Waals surface area contributed by atoms with Crippen molar-refractivity contribution in [3.63, 3.8) is 0 Å². The average molecular weight is 373 g/mol. The van der Waals surface area contributed by atoms with Crippen LogP contribution >= 0.6 is 0 Å². The van der Waals surface area contributed by atoms with Gasteiger partial charge in [-0.25, -0.2) is 14.0 Å². The number of fused-ring (bicyclic) bond motifs is 1. The van der Waals surface area contributed by atoms with Crippen molar-refractivity contribution < 1.29 is 13.9 Å². The van der Waals surface area contributed by atoms with Crippen LogP contribution in [-0.4, -0.2) is 53.7 Å². The van der Waals surface area contributed by atoms with Crippen molar-refractivity contribution in [3.8, 4) is 0 Å². The van der Waals surface area contributed by atoms with Crippen LogP contribution in [0.2, 0.25) is 0 Å². The van der Waals surface area contributed by atoms with Crippen molar-refractivity contribution in [1.29, 1.82) is 0 Å². The number of piperazine rings is 1. The third-order valence-corrected chi connectivity index (χ3v) is 5.44. The molecule has 0 aliphatic carbocycles. The van der Waals surface area contributed by atoms with Gasteiger partial charge in [0.05, 0.1) is 6.57 Å². The molecule has 2 heterocycles. The van der Waals surface area contributed by atoms with Crippen LogP contribution in [0.25, 0.3) is 4.85 Å². The van der Waals surface area contributed by atoms with Gasteiger partial charge < -0.3 is 9.64 Å². The van der Waals surface area contributed by atoms with E-state index in [1.165, 1.54) is 6.07 Å². The van der Waals surface area contributed by atoms with E-state index >= 15 is 0 Å². The molecule has 1 amide bonds. The lowest BCUT2D eigenvalue weighted by Gasteiger charge is -2.46. The molecule has 6 heteroatoms. The van der Waals surface area contributed by atoms with Crippen LogP contribution in [0.15, 0.2) is 12.1 Å². The molecule has 0 unspecified atom stereocenters. The predicted octanol–water partition coefficient (Wildman–Crippen LogP) is 4.48. The summed E-state index contributed by atoms with van der Waals surface area (Å²) in [6.45, 7) is 17.5. The number of ether oxygens (including phenoxy) is 1. The summed E-state index contributed by atoms with van der Waals surface area (Å²) in [5.41, 5.74) is 1.38. The summed E-state index contributed by atoms with van der Waals surface area (Å²) >= 11 is 0. The molecule has 5 nitrogen and oxygen atoms in total. The minimum atomic E-state index is -0.491. The Hall–Kier alpha value is -2.13. The Labute approximate surface area is 160 Å². The number of rotatable bonds is 1. The van der Waals surface area contributed by atoms with Gasteiger partial charge in [0, 0.05) is 32.2 Å². The number of hydrogen-bond acceptors (Lipinski definition) is 3. The van der Waals surface area contributed by atoms with Crippen molar-refractivity contribution in [2.75, 3.05) is 26.2 Å². The zero-order valence-corrected chi connectivity index (χ0v) is 16.6. The van der Waals surface area contributed by atoms with Crippen molar-refractivity contribution in [2.45, 2.75) is 58.1 Å². The van der Waals surface area contributed by atoms with Crippen molar-refractivity contribution in [3.05, 3.63) is 40.5 Å². The second-order valence-corrected chi connectivity index (χ2v) is 8.62. The van der Waals surface area contributed by atoms with Gasteiger partial charge in [0.25, 0.3) is 0 Å². The maximum atomic E-state index is 14.5. The quantitative estimate of drug-likeness (QED) is 0.681. The SMILES string of the molecule is [C-]#[N+]c1cc([C@H]2CC[C@@H]3CN(C(=O)OC(C)(C)C)CCN3C2)c(F)cc1C. The molecule has 0 radical (unpaired) electrons. The highest BCUT2D eigenvalue weighted by molar-refractivity contribution is 5.68. The number of aryl methyl sites for hydroxylation is 1. The van der Waals surface area contributed by atoms with Gasteiger partial charge in [-0.2, -0.15) is 0 Å². The van der Waals surface area contributed by atoms with Crippen LogP contribution < -0.4 is 0 Å². The molecule has 0 spiro atoms. The number of piperidine rings is 1. The molecule has 27 heavy (non-hydrogen) atoms. The molecule has 3 rings (SSSR count). The molecule has 0 N–H and O–H groups in total. The minimum absolute atomic E-state index is 0.0930. The van der Waals surface area contributed by atoms with Crippen LogP contribution in [0, 0.1) is 19.3 Å². The number of nitrogens with zero attached hydrogens (tertiary/aromatic N) is 3. The number of halogens is 1. The third-order valence-electron chi connectivity index (χ3n) is 5.44. The fraction of sp³-hybridized carbons (Fsp3) is 0.619. The highest BCUT2D eigenvalue weighted by Gasteiger charge is 2.36. The molecule has 2 aliphatic heterocycles. The first-order valence-electron chi connectivity index (χ1n) is 9.57. The van der Waals surface area contributed by atoms with Crippen molar-refractivity contribution in [1.82, 2.24) is 9.80 Å². The van der Waals surface area contributed by atoms with Crippen LogP contribution in [-0.2, 0) is 4.74 Å². The third kappa shape index (κ3) is 4.41. The van der Waals surface area contributed by atoms with Gasteiger partial charge in [-0.15, -0.1) is 0 Å². The van der Waals surface area contributed by atoms with E-state index in [4.69, 9.17) is 11.3 Å². The zero-order valence-electron chi connectivity index (χ0n) is 16.6. The van der Waals surface area contributed by atoms with Gasteiger partial charge in [0.1, 0.15) is 11.4 Å². The number of amides is 1. The van der Waals surface area contributed by atoms with E-state index in [0.29, 0.717) is 29.9 Å². The van der Waals surface area contributed by atoms with Gasteiger partial charge in [-0.05, 0) is 69.7 Å². The Morgan fingerprint density at radius 3 is 2.67 bits per heavy atom. The van der Waals surface area contributed by atoms with Crippen molar-refractivity contribution in [2.24, 2.45) is 0 Å². The van der Waals surface area contributed by atoms with Gasteiger partial charge >= 0.3 is 6.09 Å². The van der Waals surface area contributed by atoms with Crippen LogP contribution in [0.1, 0.15) is 50.7 Å². The molecular formula is C21H28FN3O2. The van der Waals surface area contributed by atoms with E-state index in [9.17, 15) is 9.18 Å². The Bertz CT molecular complexity index is 766. The molecule has 2 saturated heterocycles. The molecule has 1 aromatic rings. The Morgan fingerprint density at radius 2 is 2.00 bits per heavy atom. The standard InChI is InChI=1S/C21H28FN3O2/c1-14-10-18(22)17(11-19(14)23-5)15-6-7-16-13-25(9-8-24(16)12-15)20(26)27-21(2,3)4/h10-11,15-16H,6-9,12-13H2,1-4H3/t15-,16+/m0/s1. The molecule has 2 fully saturated rings. The summed E-state index contributed by atoms with van der Waals surface area (Å²) in [6, 6.07) is 3.49. The first-order valence-corrected chi connectivity index (χ1v) is 9.57. The normalized spacial score (nSPS) is 23.5. The Balaban J connectivity index is 1.66. The summed E-state index contributed by atoms with van der Waals surface area (Å²) in [7, 11) is 0. The van der Waals surface area contributed by atoms with Gasteiger partial charge in [0.2, 0.25) is 0 Å². The van der Waals surface area contributed by atoms with E-state index in [1.807, 2.05) is 20.8 Å². The van der Waals surface area contributed by atoms with Crippen molar-refractivity contribution >= 4 is 11.8 Å². The maximum Gasteiger partial charge on any atom is 0.410 e. The highest BCUT2D eigenvalue weighted by atomic mass is 19.1. The Kier molecular flexibility index (Phi) is 5.43. The summed E-state index contributed by atoms with van der Waals surface area (Å²) in [4.78, 5) is 20.0. The van der Waals surface area contributed by atoms with Crippen LogP contribution in [0.4, 0.5) is 14.9 Å². The molecule has 0 saturated carbocycles. The molecule has 0 aromatic heterocycles. The van der Waals surface area contributed by atoms with Crippen LogP contribution in [0.5, 0.6) is 0 Å². The van der Waals surface area contributed by atoms with E-state index in [1.54, 1.807) is 17.9 Å². The Morgan fingerprint density at radius 1 is 1.26 bits per heavy atom. The fourth-order valence-corrected chi connectivity index (χ4v) is 4.03. The molecule has 2 aliphatic rings. The van der Waals surface area contributed by atoms with E-state index in [2.05, 4.69) is 9.74 Å². The number of carbonyl (C=O) groups is 1. The molecule has 0 bridgehead atoms. The maximum absolute atomic E-state index is 14.5. The molecular weight excluding hydrogens is 345 g/mol. The monoisotopic (exact) mass is 373 g/mol. The summed E-state index contributed by atoms with van der Waals surface area (Å²) < 4.78 is 20.0. The molecule has 2 atom stereocenters. The smallest absolute Gasteiger partial charge is 0.410 e. The summed E-state index contributed by atoms with van der Waals surface area (Å²) in [5, 5.41) is 0. The summed E-state index contributed by atoms with van der Waals surface area (Å²) in [5.74, 6) is -0.119. The first-order chi connectivity index (χ1) is 12.7. The zero-order chi connectivity index (χ0) is 19.8. The van der Waals surface area contributed by atoms with Crippen LogP contribution in [0.3, 0.4) is 0 Å². The van der Waals surface area contributed by atoms with Gasteiger partial charge in [-0.1, -0.05) is 0 Å². The number of hydrogen-bond donors (Lipinski definition) is 0. The number of benzene rings is 1. The van der Waals surface area contributed by atoms with Gasteiger partial charge in [0.15, 0.2) is 5.69 Å². The number of carbonyl (C=O) groups excluding carboxylic acids is 1. The lowest BCUT2D eigenvalue weighted by Crippen LogP contribution is -2.57. The van der Waals surface area contributed by atoms with E-state index < -0.39 is 5.60 Å². The second kappa shape index (κ2) is 7.47. The van der Waals surface area contributed by atoms with Gasteiger partial charge in [-0.3, -0.25) is 4.90 Å². The lowest BCUT2D eigenvalue weighted by molar-refractivity contribution is -0.00456. The van der Waals surface area contributed by atoms with E-state index in [-0.39, 0.29) is 23.9 Å². The summed E-state index contributed by atoms with van der Waals surface area (Å²) in [6.07, 6.45) is 1.52. The van der Waals surface area contributed by atoms with E-state index in [0.717, 1.165) is 25.9 Å². The predicted molar refractivity (Wildman–Crippen MR) is 103 cm³/mol. The first kappa shape index (κ1) is 19.6. The molecule has 146 valence electrons. The molecule has 1 aromatic carbocycles. The minimum Gasteiger partial charge on any atom is -0.444 e. The largest absolute Gasteiger partial charge is 0.444 e. The lowest BCUT2D eigenvalue weighted by atomic mass is 9.85.